The summed E-state index contributed by atoms with van der Waals surface area (Å²) < 4.78 is 19.4. The van der Waals surface area contributed by atoms with Crippen molar-refractivity contribution in [3.8, 4) is 11.3 Å². The normalized spacial score (nSPS) is 10.7. The van der Waals surface area contributed by atoms with E-state index in [1.54, 1.807) is 12.3 Å². The van der Waals surface area contributed by atoms with Crippen molar-refractivity contribution in [3.63, 3.8) is 0 Å². The van der Waals surface area contributed by atoms with Crippen molar-refractivity contribution in [1.29, 1.82) is 0 Å². The zero-order chi connectivity index (χ0) is 11.5. The van der Waals surface area contributed by atoms with Crippen molar-refractivity contribution in [2.75, 3.05) is 7.05 Å². The molecule has 1 heterocycles. The summed E-state index contributed by atoms with van der Waals surface area (Å²) in [7, 11) is 1.83. The molecule has 0 aliphatic rings. The average molecular weight is 284 g/mol. The number of hydrogen-bond donors (Lipinski definition) is 1. The Kier molecular flexibility index (Phi) is 3.41. The minimum absolute atomic E-state index is 0.239. The van der Waals surface area contributed by atoms with Gasteiger partial charge in [-0.1, -0.05) is 0 Å². The smallest absolute Gasteiger partial charge is 0.148 e. The van der Waals surface area contributed by atoms with Crippen LogP contribution in [0.2, 0.25) is 0 Å². The van der Waals surface area contributed by atoms with E-state index >= 15 is 0 Å². The first-order chi connectivity index (χ1) is 7.72. The third kappa shape index (κ3) is 2.18. The Labute approximate surface area is 102 Å². The van der Waals surface area contributed by atoms with Gasteiger partial charge in [-0.25, -0.2) is 4.39 Å². The lowest BCUT2D eigenvalue weighted by Gasteiger charge is -2.07. The molecule has 1 aromatic carbocycles. The van der Waals surface area contributed by atoms with Crippen LogP contribution in [0.25, 0.3) is 11.3 Å². The molecule has 0 saturated carbocycles. The molecule has 0 fully saturated rings. The van der Waals surface area contributed by atoms with Crippen LogP contribution in [0.4, 0.5) is 4.39 Å². The Bertz CT molecular complexity index is 496. The first-order valence-corrected chi connectivity index (χ1v) is 5.68. The van der Waals surface area contributed by atoms with E-state index in [0.29, 0.717) is 6.54 Å². The lowest BCUT2D eigenvalue weighted by atomic mass is 10.1. The molecule has 1 aromatic heterocycles. The Morgan fingerprint density at radius 2 is 2.19 bits per heavy atom. The van der Waals surface area contributed by atoms with Crippen molar-refractivity contribution < 1.29 is 8.81 Å². The Balaban J connectivity index is 2.51. The average Bonchev–Trinajstić information content (AvgIpc) is 2.65. The van der Waals surface area contributed by atoms with Gasteiger partial charge in [0.05, 0.1) is 10.7 Å². The summed E-state index contributed by atoms with van der Waals surface area (Å²) >= 11 is 3.40. The third-order valence-corrected chi connectivity index (χ3v) is 2.92. The second-order valence-electron chi connectivity index (χ2n) is 3.43. The van der Waals surface area contributed by atoms with E-state index in [-0.39, 0.29) is 5.82 Å². The molecule has 0 unspecified atom stereocenters. The maximum atomic E-state index is 13.1. The van der Waals surface area contributed by atoms with Gasteiger partial charge in [0.25, 0.3) is 0 Å². The van der Waals surface area contributed by atoms with Gasteiger partial charge in [0.15, 0.2) is 0 Å². The lowest BCUT2D eigenvalue weighted by Crippen LogP contribution is -2.06. The molecule has 0 spiro atoms. The Morgan fingerprint density at radius 3 is 2.81 bits per heavy atom. The van der Waals surface area contributed by atoms with Gasteiger partial charge in [-0.05, 0) is 52.8 Å². The summed E-state index contributed by atoms with van der Waals surface area (Å²) in [5.41, 5.74) is 1.77. The Morgan fingerprint density at radius 1 is 1.38 bits per heavy atom. The van der Waals surface area contributed by atoms with Gasteiger partial charge < -0.3 is 9.73 Å². The maximum Gasteiger partial charge on any atom is 0.148 e. The topological polar surface area (TPSA) is 25.2 Å². The highest BCUT2D eigenvalue weighted by atomic mass is 79.9. The van der Waals surface area contributed by atoms with Gasteiger partial charge in [0.1, 0.15) is 11.6 Å². The fourth-order valence-corrected chi connectivity index (χ4v) is 2.02. The van der Waals surface area contributed by atoms with Gasteiger partial charge in [0.2, 0.25) is 0 Å². The minimum Gasteiger partial charge on any atom is -0.463 e. The van der Waals surface area contributed by atoms with Crippen molar-refractivity contribution in [1.82, 2.24) is 5.32 Å². The first kappa shape index (κ1) is 11.4. The standard InChI is InChI=1S/C12H11BrFNO/c1-15-7-8-6-9(14)2-3-10(8)12-11(13)4-5-16-12/h2-6,15H,7H2,1H3. The zero-order valence-electron chi connectivity index (χ0n) is 8.76. The summed E-state index contributed by atoms with van der Waals surface area (Å²) in [5.74, 6) is 0.488. The summed E-state index contributed by atoms with van der Waals surface area (Å²) in [6.45, 7) is 0.597. The summed E-state index contributed by atoms with van der Waals surface area (Å²) in [6.07, 6.45) is 1.60. The number of hydrogen-bond acceptors (Lipinski definition) is 2. The van der Waals surface area contributed by atoms with E-state index in [2.05, 4.69) is 21.2 Å². The number of benzene rings is 1. The van der Waals surface area contributed by atoms with E-state index < -0.39 is 0 Å². The Hall–Kier alpha value is -1.13. The van der Waals surface area contributed by atoms with Gasteiger partial charge >= 0.3 is 0 Å². The van der Waals surface area contributed by atoms with E-state index in [4.69, 9.17) is 4.42 Å². The van der Waals surface area contributed by atoms with Crippen LogP contribution in [0, 0.1) is 5.82 Å². The molecule has 2 nitrogen and oxygen atoms in total. The predicted molar refractivity (Wildman–Crippen MR) is 64.6 cm³/mol. The molecule has 0 bridgehead atoms. The summed E-state index contributed by atoms with van der Waals surface area (Å²) in [5, 5.41) is 3.01. The van der Waals surface area contributed by atoms with Crippen LogP contribution in [0.3, 0.4) is 0 Å². The molecule has 2 aromatic rings. The fraction of sp³-hybridized carbons (Fsp3) is 0.167. The molecule has 0 saturated heterocycles. The lowest BCUT2D eigenvalue weighted by molar-refractivity contribution is 0.578. The van der Waals surface area contributed by atoms with Gasteiger partial charge in [0, 0.05) is 12.1 Å². The van der Waals surface area contributed by atoms with E-state index in [1.807, 2.05) is 13.1 Å². The molecule has 0 amide bonds. The van der Waals surface area contributed by atoms with Crippen LogP contribution in [0.15, 0.2) is 39.4 Å². The van der Waals surface area contributed by atoms with Crippen molar-refractivity contribution in [2.24, 2.45) is 0 Å². The van der Waals surface area contributed by atoms with E-state index in [9.17, 15) is 4.39 Å². The molecule has 84 valence electrons. The zero-order valence-corrected chi connectivity index (χ0v) is 10.3. The van der Waals surface area contributed by atoms with E-state index in [1.165, 1.54) is 12.1 Å². The molecule has 0 atom stereocenters. The van der Waals surface area contributed by atoms with Crippen LogP contribution in [-0.4, -0.2) is 7.05 Å². The molecule has 0 radical (unpaired) electrons. The van der Waals surface area contributed by atoms with Crippen molar-refractivity contribution in [2.45, 2.75) is 6.54 Å². The van der Waals surface area contributed by atoms with Crippen LogP contribution in [0.1, 0.15) is 5.56 Å². The quantitative estimate of drug-likeness (QED) is 0.932. The molecule has 0 aliphatic heterocycles. The molecule has 4 heteroatoms. The number of nitrogens with one attached hydrogen (secondary N) is 1. The highest BCUT2D eigenvalue weighted by Crippen LogP contribution is 2.32. The second-order valence-corrected chi connectivity index (χ2v) is 4.28. The third-order valence-electron chi connectivity index (χ3n) is 2.30. The second kappa shape index (κ2) is 4.80. The molecular weight excluding hydrogens is 273 g/mol. The van der Waals surface area contributed by atoms with Crippen LogP contribution < -0.4 is 5.32 Å². The molecule has 16 heavy (non-hydrogen) atoms. The van der Waals surface area contributed by atoms with Crippen molar-refractivity contribution >= 4 is 15.9 Å². The summed E-state index contributed by atoms with van der Waals surface area (Å²) in [4.78, 5) is 0. The number of halogens is 2. The molecular formula is C12H11BrFNO. The van der Waals surface area contributed by atoms with Crippen LogP contribution in [-0.2, 0) is 6.54 Å². The van der Waals surface area contributed by atoms with E-state index in [0.717, 1.165) is 21.4 Å². The first-order valence-electron chi connectivity index (χ1n) is 4.88. The highest BCUT2D eigenvalue weighted by molar-refractivity contribution is 9.10. The fourth-order valence-electron chi connectivity index (χ4n) is 1.61. The number of rotatable bonds is 3. The monoisotopic (exact) mass is 283 g/mol. The minimum atomic E-state index is -0.239. The predicted octanol–water partition coefficient (Wildman–Crippen LogP) is 3.57. The molecule has 2 rings (SSSR count). The van der Waals surface area contributed by atoms with Crippen LogP contribution >= 0.6 is 15.9 Å². The van der Waals surface area contributed by atoms with Gasteiger partial charge in [-0.3, -0.25) is 0 Å². The van der Waals surface area contributed by atoms with Crippen LogP contribution in [0.5, 0.6) is 0 Å². The maximum absolute atomic E-state index is 13.1. The van der Waals surface area contributed by atoms with Gasteiger partial charge in [-0.2, -0.15) is 0 Å². The SMILES string of the molecule is CNCc1cc(F)ccc1-c1occc1Br. The highest BCUT2D eigenvalue weighted by Gasteiger charge is 2.11. The van der Waals surface area contributed by atoms with Crippen molar-refractivity contribution in [3.05, 3.63) is 46.4 Å². The molecule has 0 aliphatic carbocycles. The van der Waals surface area contributed by atoms with Gasteiger partial charge in [-0.15, -0.1) is 0 Å². The summed E-state index contributed by atoms with van der Waals surface area (Å²) in [6, 6.07) is 6.50. The number of furan rings is 1. The largest absolute Gasteiger partial charge is 0.463 e. The molecule has 1 N–H and O–H groups in total.